The molecule has 1 fully saturated rings. The maximum absolute atomic E-state index is 14.4. The molecule has 1 N–H and O–H groups in total. The number of alkyl halides is 1. The molecule has 0 aliphatic carbocycles. The summed E-state index contributed by atoms with van der Waals surface area (Å²) < 4.78 is 17.2. The monoisotopic (exact) mass is 317 g/mol. The van der Waals surface area contributed by atoms with Crippen LogP contribution >= 0.6 is 15.9 Å². The summed E-state index contributed by atoms with van der Waals surface area (Å²) in [6.45, 7) is 3.95. The number of hydrogen-bond acceptors (Lipinski definition) is 2. The van der Waals surface area contributed by atoms with Gasteiger partial charge in [0, 0.05) is 13.5 Å². The summed E-state index contributed by atoms with van der Waals surface area (Å²) >= 11 is 3.55. The van der Waals surface area contributed by atoms with Crippen LogP contribution < -0.4 is 5.32 Å². The SMILES string of the molecule is CCc1nn(C)c(CC(F)C2CCNCC2)c1Br. The number of nitrogens with zero attached hydrogens (tertiary/aromatic N) is 2. The predicted octanol–water partition coefficient (Wildman–Crippen LogP) is 2.63. The average Bonchev–Trinajstić information content (AvgIpc) is 2.67. The normalized spacial score (nSPS) is 19.1. The second-order valence-electron chi connectivity index (χ2n) is 4.99. The summed E-state index contributed by atoms with van der Waals surface area (Å²) in [4.78, 5) is 0. The summed E-state index contributed by atoms with van der Waals surface area (Å²) in [5, 5.41) is 7.69. The molecule has 0 aromatic carbocycles. The second kappa shape index (κ2) is 6.15. The molecule has 3 nitrogen and oxygen atoms in total. The van der Waals surface area contributed by atoms with E-state index >= 15 is 0 Å². The first-order valence-electron chi connectivity index (χ1n) is 6.68. The van der Waals surface area contributed by atoms with Gasteiger partial charge in [0.15, 0.2) is 0 Å². The van der Waals surface area contributed by atoms with E-state index in [1.54, 1.807) is 0 Å². The van der Waals surface area contributed by atoms with Crippen LogP contribution in [0, 0.1) is 5.92 Å². The van der Waals surface area contributed by atoms with E-state index in [-0.39, 0.29) is 5.92 Å². The van der Waals surface area contributed by atoms with E-state index in [1.807, 2.05) is 11.7 Å². The topological polar surface area (TPSA) is 29.9 Å². The quantitative estimate of drug-likeness (QED) is 0.925. The molecule has 1 unspecified atom stereocenters. The van der Waals surface area contributed by atoms with Gasteiger partial charge in [-0.05, 0) is 54.2 Å². The fourth-order valence-corrected chi connectivity index (χ4v) is 3.38. The number of rotatable bonds is 4. The Balaban J connectivity index is 2.06. The molecule has 1 aromatic heterocycles. The Labute approximate surface area is 116 Å². The molecule has 1 atom stereocenters. The van der Waals surface area contributed by atoms with Crippen molar-refractivity contribution in [1.82, 2.24) is 15.1 Å². The second-order valence-corrected chi connectivity index (χ2v) is 5.79. The third kappa shape index (κ3) is 2.94. The van der Waals surface area contributed by atoms with Crippen molar-refractivity contribution in [3.8, 4) is 0 Å². The Hall–Kier alpha value is -0.420. The zero-order valence-electron chi connectivity index (χ0n) is 11.0. The fourth-order valence-electron chi connectivity index (χ4n) is 2.60. The molecular formula is C13H21BrFN3. The van der Waals surface area contributed by atoms with Gasteiger partial charge in [0.2, 0.25) is 0 Å². The molecule has 2 rings (SSSR count). The highest BCUT2D eigenvalue weighted by molar-refractivity contribution is 9.10. The van der Waals surface area contributed by atoms with Gasteiger partial charge in [0.25, 0.3) is 0 Å². The van der Waals surface area contributed by atoms with Gasteiger partial charge >= 0.3 is 0 Å². The van der Waals surface area contributed by atoms with Crippen molar-refractivity contribution in [2.75, 3.05) is 13.1 Å². The van der Waals surface area contributed by atoms with E-state index in [2.05, 4.69) is 33.3 Å². The zero-order chi connectivity index (χ0) is 13.1. The Morgan fingerprint density at radius 1 is 1.50 bits per heavy atom. The van der Waals surface area contributed by atoms with Gasteiger partial charge in [0.05, 0.1) is 15.9 Å². The average molecular weight is 318 g/mol. The predicted molar refractivity (Wildman–Crippen MR) is 74.5 cm³/mol. The zero-order valence-corrected chi connectivity index (χ0v) is 12.6. The highest BCUT2D eigenvalue weighted by Gasteiger charge is 2.26. The number of aryl methyl sites for hydroxylation is 2. The largest absolute Gasteiger partial charge is 0.317 e. The molecule has 5 heteroatoms. The van der Waals surface area contributed by atoms with Crippen LogP contribution in [0.25, 0.3) is 0 Å². The third-order valence-electron chi connectivity index (χ3n) is 3.79. The van der Waals surface area contributed by atoms with Crippen molar-refractivity contribution in [2.24, 2.45) is 13.0 Å². The molecular weight excluding hydrogens is 297 g/mol. The van der Waals surface area contributed by atoms with Crippen molar-refractivity contribution in [1.29, 1.82) is 0 Å². The molecule has 1 aliphatic heterocycles. The molecule has 1 aliphatic rings. The van der Waals surface area contributed by atoms with Crippen LogP contribution in [0.5, 0.6) is 0 Å². The first kappa shape index (κ1) is 14.0. The molecule has 0 saturated carbocycles. The Morgan fingerprint density at radius 3 is 2.72 bits per heavy atom. The summed E-state index contributed by atoms with van der Waals surface area (Å²) in [5.74, 6) is 0.193. The number of aromatic nitrogens is 2. The highest BCUT2D eigenvalue weighted by Crippen LogP contribution is 2.27. The van der Waals surface area contributed by atoms with E-state index in [0.29, 0.717) is 6.42 Å². The Kier molecular flexibility index (Phi) is 4.78. The van der Waals surface area contributed by atoms with Crippen LogP contribution in [0.4, 0.5) is 4.39 Å². The first-order valence-corrected chi connectivity index (χ1v) is 7.47. The lowest BCUT2D eigenvalue weighted by molar-refractivity contribution is 0.184. The van der Waals surface area contributed by atoms with Crippen LogP contribution in [0.15, 0.2) is 4.47 Å². The van der Waals surface area contributed by atoms with Crippen LogP contribution in [-0.4, -0.2) is 29.0 Å². The fraction of sp³-hybridized carbons (Fsp3) is 0.769. The van der Waals surface area contributed by atoms with Gasteiger partial charge in [-0.3, -0.25) is 4.68 Å². The van der Waals surface area contributed by atoms with E-state index in [9.17, 15) is 4.39 Å². The Bertz CT molecular complexity index is 399. The molecule has 0 spiro atoms. The molecule has 18 heavy (non-hydrogen) atoms. The van der Waals surface area contributed by atoms with E-state index in [4.69, 9.17) is 0 Å². The molecule has 0 bridgehead atoms. The molecule has 1 saturated heterocycles. The van der Waals surface area contributed by atoms with Crippen molar-refractivity contribution in [3.05, 3.63) is 15.9 Å². The van der Waals surface area contributed by atoms with Gasteiger partial charge in [-0.1, -0.05) is 6.92 Å². The summed E-state index contributed by atoms with van der Waals surface area (Å²) in [6.07, 6.45) is 2.46. The van der Waals surface area contributed by atoms with Crippen molar-refractivity contribution >= 4 is 15.9 Å². The summed E-state index contributed by atoms with van der Waals surface area (Å²) in [5.41, 5.74) is 2.00. The van der Waals surface area contributed by atoms with E-state index in [1.165, 1.54) is 0 Å². The van der Waals surface area contributed by atoms with Crippen LogP contribution in [0.1, 0.15) is 31.2 Å². The maximum atomic E-state index is 14.4. The van der Waals surface area contributed by atoms with Crippen LogP contribution in [0.2, 0.25) is 0 Å². The van der Waals surface area contributed by atoms with Crippen LogP contribution in [-0.2, 0) is 19.9 Å². The number of nitrogens with one attached hydrogen (secondary N) is 1. The highest BCUT2D eigenvalue weighted by atomic mass is 79.9. The standard InChI is InChI=1S/C13H21BrFN3/c1-3-11-13(14)12(18(2)17-11)8-10(15)9-4-6-16-7-5-9/h9-10,16H,3-8H2,1-2H3. The smallest absolute Gasteiger partial charge is 0.109 e. The number of piperidine rings is 1. The van der Waals surface area contributed by atoms with Gasteiger partial charge in [-0.2, -0.15) is 5.10 Å². The lowest BCUT2D eigenvalue weighted by Crippen LogP contribution is -2.33. The number of halogens is 2. The van der Waals surface area contributed by atoms with E-state index < -0.39 is 6.17 Å². The lowest BCUT2D eigenvalue weighted by atomic mass is 9.90. The maximum Gasteiger partial charge on any atom is 0.109 e. The van der Waals surface area contributed by atoms with Gasteiger partial charge in [-0.25, -0.2) is 4.39 Å². The number of hydrogen-bond donors (Lipinski definition) is 1. The summed E-state index contributed by atoms with van der Waals surface area (Å²) in [6, 6.07) is 0. The van der Waals surface area contributed by atoms with Gasteiger partial charge in [0.1, 0.15) is 6.17 Å². The van der Waals surface area contributed by atoms with Crippen molar-refractivity contribution in [2.45, 2.75) is 38.8 Å². The van der Waals surface area contributed by atoms with Crippen molar-refractivity contribution in [3.63, 3.8) is 0 Å². The van der Waals surface area contributed by atoms with Crippen molar-refractivity contribution < 1.29 is 4.39 Å². The third-order valence-corrected chi connectivity index (χ3v) is 4.70. The van der Waals surface area contributed by atoms with Crippen LogP contribution in [0.3, 0.4) is 0 Å². The molecule has 0 radical (unpaired) electrons. The molecule has 102 valence electrons. The first-order chi connectivity index (χ1) is 8.63. The summed E-state index contributed by atoms with van der Waals surface area (Å²) in [7, 11) is 1.90. The molecule has 2 heterocycles. The van der Waals surface area contributed by atoms with Gasteiger partial charge in [-0.15, -0.1) is 0 Å². The Morgan fingerprint density at radius 2 is 2.17 bits per heavy atom. The minimum Gasteiger partial charge on any atom is -0.317 e. The molecule has 1 aromatic rings. The van der Waals surface area contributed by atoms with Gasteiger partial charge < -0.3 is 5.32 Å². The minimum absolute atomic E-state index is 0.193. The van der Waals surface area contributed by atoms with E-state index in [0.717, 1.165) is 48.2 Å². The minimum atomic E-state index is -0.761. The lowest BCUT2D eigenvalue weighted by Gasteiger charge is -2.25. The molecule has 0 amide bonds.